The van der Waals surface area contributed by atoms with Crippen LogP contribution in [0.2, 0.25) is 10.0 Å². The second-order valence-corrected chi connectivity index (χ2v) is 9.13. The molecule has 7 heteroatoms. The third-order valence-corrected chi connectivity index (χ3v) is 6.87. The van der Waals surface area contributed by atoms with Gasteiger partial charge in [0.15, 0.2) is 0 Å². The number of carbonyl (C=O) groups excluding carboxylic acids is 2. The lowest BCUT2D eigenvalue weighted by atomic mass is 9.85. The molecule has 0 aromatic heterocycles. The van der Waals surface area contributed by atoms with Gasteiger partial charge in [-0.15, -0.1) is 11.6 Å². The van der Waals surface area contributed by atoms with Crippen molar-refractivity contribution >= 4 is 46.6 Å². The Morgan fingerprint density at radius 1 is 1.03 bits per heavy atom. The highest BCUT2D eigenvalue weighted by molar-refractivity contribution is 6.32. The van der Waals surface area contributed by atoms with Gasteiger partial charge in [-0.3, -0.25) is 9.59 Å². The van der Waals surface area contributed by atoms with Crippen molar-refractivity contribution in [3.8, 4) is 0 Å². The minimum Gasteiger partial charge on any atom is -0.351 e. The highest BCUT2D eigenvalue weighted by Gasteiger charge is 2.35. The zero-order chi connectivity index (χ0) is 22.4. The monoisotopic (exact) mass is 480 g/mol. The normalized spacial score (nSPS) is 19.5. The molecule has 31 heavy (non-hydrogen) atoms. The van der Waals surface area contributed by atoms with Gasteiger partial charge in [-0.05, 0) is 36.5 Å². The van der Waals surface area contributed by atoms with Crippen molar-refractivity contribution in [2.24, 2.45) is 5.92 Å². The van der Waals surface area contributed by atoms with Gasteiger partial charge >= 0.3 is 0 Å². The SMILES string of the molecule is C[C@@H]1CCCC[C@H]1NC(=O)[C@@H](c1ccccc1Cl)N(Cc1ccccc1Cl)C(=O)CCl. The lowest BCUT2D eigenvalue weighted by molar-refractivity contribution is -0.140. The van der Waals surface area contributed by atoms with Crippen molar-refractivity contribution in [2.45, 2.75) is 51.2 Å². The van der Waals surface area contributed by atoms with E-state index in [1.165, 1.54) is 11.3 Å². The Bertz CT molecular complexity index is 921. The van der Waals surface area contributed by atoms with Crippen LogP contribution in [0.4, 0.5) is 0 Å². The third-order valence-electron chi connectivity index (χ3n) is 5.93. The molecule has 3 rings (SSSR count). The van der Waals surface area contributed by atoms with Crippen LogP contribution in [0.25, 0.3) is 0 Å². The van der Waals surface area contributed by atoms with Gasteiger partial charge in [0.1, 0.15) is 11.9 Å². The standard InChI is InChI=1S/C24H27Cl3N2O2/c1-16-8-2-7-13-21(16)28-24(31)23(18-10-4-6-12-20(18)27)29(22(30)14-25)15-17-9-3-5-11-19(17)26/h3-6,9-12,16,21,23H,2,7-8,13-15H2,1H3,(H,28,31)/t16-,21-,23-/m1/s1. The zero-order valence-corrected chi connectivity index (χ0v) is 19.8. The van der Waals surface area contributed by atoms with E-state index in [2.05, 4.69) is 12.2 Å². The van der Waals surface area contributed by atoms with Crippen molar-refractivity contribution in [1.29, 1.82) is 0 Å². The molecule has 1 N–H and O–H groups in total. The van der Waals surface area contributed by atoms with Gasteiger partial charge in [0, 0.05) is 28.2 Å². The molecule has 2 aromatic carbocycles. The van der Waals surface area contributed by atoms with Crippen molar-refractivity contribution in [2.75, 3.05) is 5.88 Å². The van der Waals surface area contributed by atoms with Crippen LogP contribution in [-0.2, 0) is 16.1 Å². The summed E-state index contributed by atoms with van der Waals surface area (Å²) in [4.78, 5) is 28.0. The van der Waals surface area contributed by atoms with Crippen LogP contribution in [0, 0.1) is 5.92 Å². The second kappa shape index (κ2) is 11.2. The number of carbonyl (C=O) groups is 2. The minimum absolute atomic E-state index is 0.0690. The predicted octanol–water partition coefficient (Wildman–Crippen LogP) is 6.00. The first-order valence-electron chi connectivity index (χ1n) is 10.6. The maximum Gasteiger partial charge on any atom is 0.247 e. The highest BCUT2D eigenvalue weighted by Crippen LogP contribution is 2.32. The number of benzene rings is 2. The molecule has 0 unspecified atom stereocenters. The van der Waals surface area contributed by atoms with Gasteiger partial charge in [0.05, 0.1) is 0 Å². The lowest BCUT2D eigenvalue weighted by Crippen LogP contribution is -2.49. The number of amides is 2. The Hall–Kier alpha value is -1.75. The largest absolute Gasteiger partial charge is 0.351 e. The van der Waals surface area contributed by atoms with Crippen molar-refractivity contribution in [3.05, 3.63) is 69.7 Å². The van der Waals surface area contributed by atoms with Crippen LogP contribution in [0.3, 0.4) is 0 Å². The summed E-state index contributed by atoms with van der Waals surface area (Å²) in [6.45, 7) is 2.30. The van der Waals surface area contributed by atoms with E-state index in [9.17, 15) is 9.59 Å². The summed E-state index contributed by atoms with van der Waals surface area (Å²) in [6, 6.07) is 13.5. The number of nitrogens with one attached hydrogen (secondary N) is 1. The molecule has 1 saturated carbocycles. The fraction of sp³-hybridized carbons (Fsp3) is 0.417. The molecule has 3 atom stereocenters. The Kier molecular flexibility index (Phi) is 8.65. The zero-order valence-electron chi connectivity index (χ0n) is 17.5. The molecular weight excluding hydrogens is 455 g/mol. The molecule has 0 bridgehead atoms. The minimum atomic E-state index is -0.912. The Labute approximate surface area is 198 Å². The predicted molar refractivity (Wildman–Crippen MR) is 126 cm³/mol. The first kappa shape index (κ1) is 23.9. The van der Waals surface area contributed by atoms with Crippen molar-refractivity contribution < 1.29 is 9.59 Å². The quantitative estimate of drug-likeness (QED) is 0.493. The van der Waals surface area contributed by atoms with Gasteiger partial charge < -0.3 is 10.2 Å². The van der Waals surface area contributed by atoms with E-state index >= 15 is 0 Å². The Morgan fingerprint density at radius 2 is 1.68 bits per heavy atom. The van der Waals surface area contributed by atoms with Crippen LogP contribution in [0.5, 0.6) is 0 Å². The van der Waals surface area contributed by atoms with E-state index in [1.54, 1.807) is 24.3 Å². The van der Waals surface area contributed by atoms with E-state index in [1.807, 2.05) is 24.3 Å². The summed E-state index contributed by atoms with van der Waals surface area (Å²) in [5.41, 5.74) is 1.30. The van der Waals surface area contributed by atoms with Crippen LogP contribution in [0.15, 0.2) is 48.5 Å². The first-order chi connectivity index (χ1) is 14.9. The second-order valence-electron chi connectivity index (χ2n) is 8.05. The fourth-order valence-corrected chi connectivity index (χ4v) is 4.74. The molecule has 0 aliphatic heterocycles. The molecule has 1 aliphatic rings. The molecule has 1 fully saturated rings. The van der Waals surface area contributed by atoms with Crippen molar-refractivity contribution in [3.63, 3.8) is 0 Å². The molecule has 1 aliphatic carbocycles. The average Bonchev–Trinajstić information content (AvgIpc) is 2.77. The number of hydrogen-bond acceptors (Lipinski definition) is 2. The first-order valence-corrected chi connectivity index (χ1v) is 11.8. The smallest absolute Gasteiger partial charge is 0.247 e. The molecule has 0 saturated heterocycles. The van der Waals surface area contributed by atoms with E-state index in [0.29, 0.717) is 21.5 Å². The van der Waals surface area contributed by atoms with Crippen LogP contribution >= 0.6 is 34.8 Å². The maximum atomic E-state index is 13.6. The van der Waals surface area contributed by atoms with Gasteiger partial charge in [-0.1, -0.05) is 79.4 Å². The molecule has 4 nitrogen and oxygen atoms in total. The van der Waals surface area contributed by atoms with Crippen LogP contribution in [-0.4, -0.2) is 28.6 Å². The van der Waals surface area contributed by atoms with E-state index < -0.39 is 6.04 Å². The number of halogens is 3. The van der Waals surface area contributed by atoms with E-state index in [0.717, 1.165) is 24.8 Å². The number of rotatable bonds is 7. The summed E-state index contributed by atoms with van der Waals surface area (Å²) in [6.07, 6.45) is 4.25. The van der Waals surface area contributed by atoms with Gasteiger partial charge in [-0.2, -0.15) is 0 Å². The molecule has 0 radical (unpaired) electrons. The van der Waals surface area contributed by atoms with Crippen LogP contribution in [0.1, 0.15) is 49.8 Å². The van der Waals surface area contributed by atoms with Gasteiger partial charge in [0.25, 0.3) is 0 Å². The molecule has 2 amide bonds. The molecular formula is C24H27Cl3N2O2. The third kappa shape index (κ3) is 5.94. The number of alkyl halides is 1. The lowest BCUT2D eigenvalue weighted by Gasteiger charge is -2.35. The summed E-state index contributed by atoms with van der Waals surface area (Å²) < 4.78 is 0. The van der Waals surface area contributed by atoms with E-state index in [-0.39, 0.29) is 30.3 Å². The van der Waals surface area contributed by atoms with Gasteiger partial charge in [-0.25, -0.2) is 0 Å². The maximum absolute atomic E-state index is 13.6. The molecule has 166 valence electrons. The summed E-state index contributed by atoms with van der Waals surface area (Å²) in [7, 11) is 0. The van der Waals surface area contributed by atoms with E-state index in [4.69, 9.17) is 34.8 Å². The summed E-state index contributed by atoms with van der Waals surface area (Å²) >= 11 is 18.8. The fourth-order valence-electron chi connectivity index (χ4n) is 4.15. The molecule has 0 heterocycles. The van der Waals surface area contributed by atoms with Gasteiger partial charge in [0.2, 0.25) is 11.8 Å². The molecule has 0 spiro atoms. The highest BCUT2D eigenvalue weighted by atomic mass is 35.5. The number of hydrogen-bond donors (Lipinski definition) is 1. The molecule has 2 aromatic rings. The number of nitrogens with zero attached hydrogens (tertiary/aromatic N) is 1. The Balaban J connectivity index is 1.99. The van der Waals surface area contributed by atoms with Crippen molar-refractivity contribution in [1.82, 2.24) is 10.2 Å². The topological polar surface area (TPSA) is 49.4 Å². The average molecular weight is 482 g/mol. The van der Waals surface area contributed by atoms with Crippen LogP contribution < -0.4 is 5.32 Å². The summed E-state index contributed by atoms with van der Waals surface area (Å²) in [5, 5.41) is 4.13. The summed E-state index contributed by atoms with van der Waals surface area (Å²) in [5.74, 6) is -0.487. The Morgan fingerprint density at radius 3 is 2.32 bits per heavy atom.